The molecule has 0 bridgehead atoms. The lowest BCUT2D eigenvalue weighted by Crippen LogP contribution is -2.19. The minimum Gasteiger partial charge on any atom is -0.497 e. The van der Waals surface area contributed by atoms with E-state index in [0.717, 1.165) is 17.0 Å². The number of fused-ring (bicyclic) bond motifs is 1. The zero-order valence-electron chi connectivity index (χ0n) is 14.9. The van der Waals surface area contributed by atoms with Crippen LogP contribution in [0.25, 0.3) is 22.4 Å². The first-order chi connectivity index (χ1) is 13.2. The van der Waals surface area contributed by atoms with E-state index in [9.17, 15) is 4.79 Å². The van der Waals surface area contributed by atoms with Crippen molar-refractivity contribution in [2.45, 2.75) is 10.9 Å². The van der Waals surface area contributed by atoms with Crippen molar-refractivity contribution in [3.05, 3.63) is 70.8 Å². The van der Waals surface area contributed by atoms with Crippen molar-refractivity contribution in [1.82, 2.24) is 14.5 Å². The molecule has 0 fully saturated rings. The fourth-order valence-electron chi connectivity index (χ4n) is 2.70. The molecule has 0 aliphatic carbocycles. The smallest absolute Gasteiger partial charge is 0.261 e. The fraction of sp³-hybridized carbons (Fsp3) is 0.150. The summed E-state index contributed by atoms with van der Waals surface area (Å²) in [7, 11) is 3.36. The Hall–Kier alpha value is -3.06. The molecule has 4 rings (SSSR count). The Morgan fingerprint density at radius 2 is 1.89 bits per heavy atom. The van der Waals surface area contributed by atoms with E-state index in [-0.39, 0.29) is 5.56 Å². The van der Waals surface area contributed by atoms with Gasteiger partial charge in [-0.3, -0.25) is 9.36 Å². The summed E-state index contributed by atoms with van der Waals surface area (Å²) >= 11 is 1.45. The Morgan fingerprint density at radius 3 is 2.67 bits per heavy atom. The van der Waals surface area contributed by atoms with E-state index in [1.54, 1.807) is 31.1 Å². The van der Waals surface area contributed by atoms with Crippen LogP contribution in [0.5, 0.6) is 5.75 Å². The predicted molar refractivity (Wildman–Crippen MR) is 105 cm³/mol. The molecule has 0 amide bonds. The number of hydrogen-bond donors (Lipinski definition) is 0. The number of thioether (sulfide) groups is 1. The lowest BCUT2D eigenvalue weighted by atomic mass is 10.2. The Balaban J connectivity index is 1.54. The van der Waals surface area contributed by atoms with E-state index < -0.39 is 0 Å². The molecule has 0 aliphatic rings. The van der Waals surface area contributed by atoms with Gasteiger partial charge in [0.25, 0.3) is 5.56 Å². The summed E-state index contributed by atoms with van der Waals surface area (Å²) in [6.07, 6.45) is 1.63. The molecule has 0 N–H and O–H groups in total. The van der Waals surface area contributed by atoms with Crippen molar-refractivity contribution in [2.75, 3.05) is 7.11 Å². The van der Waals surface area contributed by atoms with Crippen LogP contribution in [-0.2, 0) is 12.8 Å². The summed E-state index contributed by atoms with van der Waals surface area (Å²) in [5.41, 5.74) is 2.31. The van der Waals surface area contributed by atoms with Crippen LogP contribution in [0.4, 0.5) is 0 Å². The van der Waals surface area contributed by atoms with Crippen molar-refractivity contribution in [3.63, 3.8) is 0 Å². The van der Waals surface area contributed by atoms with Crippen molar-refractivity contribution < 1.29 is 9.15 Å². The molecule has 0 atom stereocenters. The first kappa shape index (κ1) is 17.4. The number of ether oxygens (including phenoxy) is 1. The minimum absolute atomic E-state index is 0.0535. The molecular weight excluding hydrogens is 362 g/mol. The molecule has 0 spiro atoms. The first-order valence-electron chi connectivity index (χ1n) is 8.33. The Bertz CT molecular complexity index is 1150. The standard InChI is InChI=1S/C20H17N3O3S/c1-23-19(24)16-5-3-4-6-17(16)22-20(23)27-12-14-11-26-18(21-14)13-7-9-15(25-2)10-8-13/h3-11H,12H2,1-2H3. The fourth-order valence-corrected chi connectivity index (χ4v) is 3.55. The molecule has 4 aromatic rings. The molecule has 0 unspecified atom stereocenters. The second-order valence-electron chi connectivity index (χ2n) is 5.94. The van der Waals surface area contributed by atoms with Crippen molar-refractivity contribution >= 4 is 22.7 Å². The van der Waals surface area contributed by atoms with Gasteiger partial charge in [-0.2, -0.15) is 0 Å². The van der Waals surface area contributed by atoms with E-state index in [4.69, 9.17) is 9.15 Å². The second-order valence-corrected chi connectivity index (χ2v) is 6.88. The summed E-state index contributed by atoms with van der Waals surface area (Å²) in [4.78, 5) is 21.6. The Kier molecular flexibility index (Phi) is 4.68. The monoisotopic (exact) mass is 379 g/mol. The molecule has 0 saturated carbocycles. The SMILES string of the molecule is COc1ccc(-c2nc(CSc3nc4ccccc4c(=O)n3C)co2)cc1. The maximum Gasteiger partial charge on any atom is 0.261 e. The summed E-state index contributed by atoms with van der Waals surface area (Å²) in [6, 6.07) is 14.9. The third kappa shape index (κ3) is 3.46. The number of benzene rings is 2. The van der Waals surface area contributed by atoms with E-state index >= 15 is 0 Å². The summed E-state index contributed by atoms with van der Waals surface area (Å²) in [5.74, 6) is 1.89. The van der Waals surface area contributed by atoms with E-state index in [1.165, 1.54) is 11.8 Å². The number of hydrogen-bond acceptors (Lipinski definition) is 6. The highest BCUT2D eigenvalue weighted by molar-refractivity contribution is 7.98. The summed E-state index contributed by atoms with van der Waals surface area (Å²) in [5, 5.41) is 1.26. The van der Waals surface area contributed by atoms with Gasteiger partial charge in [-0.05, 0) is 36.4 Å². The number of nitrogens with zero attached hydrogens (tertiary/aromatic N) is 3. The molecule has 6 nitrogen and oxygen atoms in total. The van der Waals surface area contributed by atoms with Gasteiger partial charge >= 0.3 is 0 Å². The molecule has 2 aromatic carbocycles. The highest BCUT2D eigenvalue weighted by Crippen LogP contribution is 2.25. The molecule has 2 heterocycles. The minimum atomic E-state index is -0.0535. The molecule has 27 heavy (non-hydrogen) atoms. The van der Waals surface area contributed by atoms with Gasteiger partial charge in [-0.15, -0.1) is 0 Å². The number of aromatic nitrogens is 3. The zero-order valence-corrected chi connectivity index (χ0v) is 15.7. The van der Waals surface area contributed by atoms with Crippen molar-refractivity contribution in [3.8, 4) is 17.2 Å². The average molecular weight is 379 g/mol. The van der Waals surface area contributed by atoms with Gasteiger partial charge in [0.15, 0.2) is 5.16 Å². The molecule has 0 radical (unpaired) electrons. The molecule has 136 valence electrons. The average Bonchev–Trinajstić information content (AvgIpc) is 3.19. The predicted octanol–water partition coefficient (Wildman–Crippen LogP) is 3.89. The highest BCUT2D eigenvalue weighted by atomic mass is 32.2. The molecule has 7 heteroatoms. The number of rotatable bonds is 5. The van der Waals surface area contributed by atoms with Gasteiger partial charge in [0, 0.05) is 18.4 Å². The van der Waals surface area contributed by atoms with Crippen molar-refractivity contribution in [2.24, 2.45) is 7.05 Å². The van der Waals surface area contributed by atoms with E-state index in [2.05, 4.69) is 9.97 Å². The molecule has 2 aromatic heterocycles. The van der Waals surface area contributed by atoms with Gasteiger partial charge in [0.1, 0.15) is 12.0 Å². The number of para-hydroxylation sites is 1. The largest absolute Gasteiger partial charge is 0.497 e. The zero-order chi connectivity index (χ0) is 18.8. The van der Waals surface area contributed by atoms with Crippen LogP contribution in [0.3, 0.4) is 0 Å². The lowest BCUT2D eigenvalue weighted by molar-refractivity contribution is 0.415. The van der Waals surface area contributed by atoms with Gasteiger partial charge in [0.05, 0.1) is 23.7 Å². The van der Waals surface area contributed by atoms with Crippen molar-refractivity contribution in [1.29, 1.82) is 0 Å². The summed E-state index contributed by atoms with van der Waals surface area (Å²) in [6.45, 7) is 0. The molecule has 0 saturated heterocycles. The van der Waals surface area contributed by atoms with Crippen LogP contribution in [0.15, 0.2) is 69.2 Å². The van der Waals surface area contributed by atoms with Gasteiger partial charge in [-0.1, -0.05) is 23.9 Å². The van der Waals surface area contributed by atoms with Crippen LogP contribution in [0, 0.1) is 0 Å². The maximum atomic E-state index is 12.5. The second kappa shape index (κ2) is 7.28. The number of methoxy groups -OCH3 is 1. The molecular formula is C20H17N3O3S. The van der Waals surface area contributed by atoms with E-state index in [1.807, 2.05) is 42.5 Å². The maximum absolute atomic E-state index is 12.5. The van der Waals surface area contributed by atoms with Gasteiger partial charge < -0.3 is 9.15 Å². The van der Waals surface area contributed by atoms with E-state index in [0.29, 0.717) is 27.7 Å². The van der Waals surface area contributed by atoms with Crippen LogP contribution < -0.4 is 10.3 Å². The van der Waals surface area contributed by atoms with Crippen LogP contribution in [0.1, 0.15) is 5.69 Å². The highest BCUT2D eigenvalue weighted by Gasteiger charge is 2.11. The third-order valence-corrected chi connectivity index (χ3v) is 5.24. The van der Waals surface area contributed by atoms with Crippen LogP contribution >= 0.6 is 11.8 Å². The Labute approximate surface area is 159 Å². The lowest BCUT2D eigenvalue weighted by Gasteiger charge is -2.07. The quantitative estimate of drug-likeness (QED) is 0.387. The van der Waals surface area contributed by atoms with Crippen LogP contribution in [0.2, 0.25) is 0 Å². The molecule has 0 aliphatic heterocycles. The third-order valence-electron chi connectivity index (χ3n) is 4.18. The Morgan fingerprint density at radius 1 is 1.11 bits per heavy atom. The van der Waals surface area contributed by atoms with Crippen LogP contribution in [-0.4, -0.2) is 21.6 Å². The van der Waals surface area contributed by atoms with Gasteiger partial charge in [-0.25, -0.2) is 9.97 Å². The summed E-state index contributed by atoms with van der Waals surface area (Å²) < 4.78 is 12.3. The first-order valence-corrected chi connectivity index (χ1v) is 9.31. The van der Waals surface area contributed by atoms with Gasteiger partial charge in [0.2, 0.25) is 5.89 Å². The normalized spacial score (nSPS) is 11.0. The number of oxazole rings is 1. The topological polar surface area (TPSA) is 70.2 Å².